The molecule has 0 saturated heterocycles. The summed E-state index contributed by atoms with van der Waals surface area (Å²) in [6.07, 6.45) is 1.79. The van der Waals surface area contributed by atoms with Gasteiger partial charge < -0.3 is 33.5 Å². The lowest BCUT2D eigenvalue weighted by Crippen LogP contribution is -2.59. The average molecular weight is 598 g/mol. The highest BCUT2D eigenvalue weighted by molar-refractivity contribution is 5.80. The number of carbonyl (C=O) groups excluding carboxylic acids is 3. The molecule has 0 aromatic heterocycles. The summed E-state index contributed by atoms with van der Waals surface area (Å²) in [6, 6.07) is 3.65. The molecule has 12 heteroatoms. The van der Waals surface area contributed by atoms with Crippen molar-refractivity contribution in [3.05, 3.63) is 23.8 Å². The summed E-state index contributed by atoms with van der Waals surface area (Å²) in [7, 11) is 0. The monoisotopic (exact) mass is 597 g/mol. The van der Waals surface area contributed by atoms with E-state index in [-0.39, 0.29) is 30.3 Å². The maximum atomic E-state index is 12.7. The predicted molar refractivity (Wildman–Crippen MR) is 154 cm³/mol. The van der Waals surface area contributed by atoms with Gasteiger partial charge in [-0.3, -0.25) is 5.32 Å². The SMILES string of the molecule is CCCCCOC(=O)Oc1ccc(C[C@](NC(C)C)(OC(=O)OC(C)(C)CC)C(=O)O)cc1OC(=O)OCCCCC. The van der Waals surface area contributed by atoms with E-state index in [1.807, 2.05) is 20.8 Å². The average Bonchev–Trinajstić information content (AvgIpc) is 2.89. The highest BCUT2D eigenvalue weighted by atomic mass is 16.8. The summed E-state index contributed by atoms with van der Waals surface area (Å²) >= 11 is 0. The van der Waals surface area contributed by atoms with Crippen molar-refractivity contribution in [1.82, 2.24) is 5.32 Å². The summed E-state index contributed by atoms with van der Waals surface area (Å²) in [4.78, 5) is 49.9. The number of aliphatic carboxylic acids is 1. The Balaban J connectivity index is 3.33. The Kier molecular flexibility index (Phi) is 15.7. The lowest BCUT2D eigenvalue weighted by Gasteiger charge is -2.33. The van der Waals surface area contributed by atoms with Crippen LogP contribution < -0.4 is 14.8 Å². The number of rotatable bonds is 18. The van der Waals surface area contributed by atoms with Crippen molar-refractivity contribution in [2.45, 2.75) is 117 Å². The van der Waals surface area contributed by atoms with Gasteiger partial charge in [-0.25, -0.2) is 19.2 Å². The first-order valence-electron chi connectivity index (χ1n) is 14.5. The van der Waals surface area contributed by atoms with E-state index in [2.05, 4.69) is 5.32 Å². The molecule has 0 heterocycles. The van der Waals surface area contributed by atoms with Gasteiger partial charge in [0.05, 0.1) is 13.2 Å². The van der Waals surface area contributed by atoms with E-state index in [1.54, 1.807) is 27.7 Å². The number of hydrogen-bond acceptors (Lipinski definition) is 11. The topological polar surface area (TPSA) is 156 Å². The summed E-state index contributed by atoms with van der Waals surface area (Å²) in [6.45, 7) is 12.8. The zero-order valence-corrected chi connectivity index (χ0v) is 25.9. The molecule has 0 unspecified atom stereocenters. The first-order chi connectivity index (χ1) is 19.8. The van der Waals surface area contributed by atoms with Crippen LogP contribution in [-0.4, -0.2) is 60.1 Å². The number of carboxylic acids is 1. The van der Waals surface area contributed by atoms with E-state index in [0.29, 0.717) is 19.3 Å². The van der Waals surface area contributed by atoms with E-state index in [1.165, 1.54) is 18.2 Å². The maximum Gasteiger partial charge on any atom is 0.513 e. The minimum Gasteiger partial charge on any atom is -0.477 e. The number of ether oxygens (including phenoxy) is 6. The van der Waals surface area contributed by atoms with Crippen molar-refractivity contribution < 1.29 is 52.7 Å². The van der Waals surface area contributed by atoms with E-state index in [0.717, 1.165) is 25.7 Å². The molecule has 2 N–H and O–H groups in total. The van der Waals surface area contributed by atoms with Crippen LogP contribution in [0.5, 0.6) is 11.5 Å². The van der Waals surface area contributed by atoms with E-state index in [9.17, 15) is 24.3 Å². The second-order valence-corrected chi connectivity index (χ2v) is 10.8. The fourth-order valence-corrected chi connectivity index (χ4v) is 3.59. The molecule has 42 heavy (non-hydrogen) atoms. The summed E-state index contributed by atoms with van der Waals surface area (Å²) in [5.41, 5.74) is -2.86. The highest BCUT2D eigenvalue weighted by Gasteiger charge is 2.45. The first kappa shape index (κ1) is 36.5. The molecule has 0 aliphatic rings. The Hall–Kier alpha value is -3.54. The Labute approximate surface area is 248 Å². The predicted octanol–water partition coefficient (Wildman–Crippen LogP) is 6.76. The van der Waals surface area contributed by atoms with Crippen LogP contribution in [0.3, 0.4) is 0 Å². The fourth-order valence-electron chi connectivity index (χ4n) is 3.59. The number of carboxylic acid groups (broad SMARTS) is 1. The van der Waals surface area contributed by atoms with Gasteiger partial charge in [-0.1, -0.05) is 52.5 Å². The van der Waals surface area contributed by atoms with Gasteiger partial charge >= 0.3 is 24.4 Å². The van der Waals surface area contributed by atoms with Gasteiger partial charge in [0.25, 0.3) is 5.72 Å². The molecule has 1 aromatic rings. The minimum absolute atomic E-state index is 0.131. The number of benzene rings is 1. The van der Waals surface area contributed by atoms with Crippen molar-refractivity contribution in [3.8, 4) is 11.5 Å². The van der Waals surface area contributed by atoms with Crippen LogP contribution in [0.2, 0.25) is 0 Å². The van der Waals surface area contributed by atoms with Crippen molar-refractivity contribution in [2.75, 3.05) is 13.2 Å². The smallest absolute Gasteiger partial charge is 0.477 e. The molecule has 0 radical (unpaired) electrons. The van der Waals surface area contributed by atoms with Gasteiger partial charge in [-0.05, 0) is 64.7 Å². The van der Waals surface area contributed by atoms with Crippen molar-refractivity contribution in [1.29, 1.82) is 0 Å². The quantitative estimate of drug-likeness (QED) is 0.0603. The Bertz CT molecular complexity index is 1020. The molecule has 1 rings (SSSR count). The molecular weight excluding hydrogens is 550 g/mol. The summed E-state index contributed by atoms with van der Waals surface area (Å²) in [5, 5.41) is 13.0. The minimum atomic E-state index is -2.24. The molecule has 0 aliphatic carbocycles. The fraction of sp³-hybridized carbons (Fsp3) is 0.667. The lowest BCUT2D eigenvalue weighted by atomic mass is 10.0. The van der Waals surface area contributed by atoms with E-state index >= 15 is 0 Å². The second-order valence-electron chi connectivity index (χ2n) is 10.8. The standard InChI is InChI=1S/C30H47NO11/c1-8-11-13-17-37-26(34)39-23-16-15-22(19-24(23)40-27(35)38-18-14-12-9-2)20-30(25(32)33,31-21(4)5)42-28(36)41-29(6,7)10-3/h15-16,19,21,31H,8-14,17-18,20H2,1-7H3,(H,32,33)/t30-/m0/s1. The maximum absolute atomic E-state index is 12.7. The largest absolute Gasteiger partial charge is 0.513 e. The van der Waals surface area contributed by atoms with Gasteiger partial charge in [0.1, 0.15) is 5.60 Å². The Morgan fingerprint density at radius 3 is 1.83 bits per heavy atom. The molecule has 0 spiro atoms. The van der Waals surface area contributed by atoms with E-state index in [4.69, 9.17) is 28.4 Å². The van der Waals surface area contributed by atoms with Crippen molar-refractivity contribution >= 4 is 24.4 Å². The molecule has 1 aromatic carbocycles. The Morgan fingerprint density at radius 1 is 0.810 bits per heavy atom. The van der Waals surface area contributed by atoms with E-state index < -0.39 is 48.2 Å². The van der Waals surface area contributed by atoms with Crippen LogP contribution in [-0.2, 0) is 30.2 Å². The molecule has 238 valence electrons. The van der Waals surface area contributed by atoms with Crippen LogP contribution in [0.25, 0.3) is 0 Å². The van der Waals surface area contributed by atoms with Gasteiger partial charge in [0.2, 0.25) is 0 Å². The normalized spacial score (nSPS) is 12.7. The van der Waals surface area contributed by atoms with Gasteiger partial charge in [0.15, 0.2) is 11.5 Å². The second kappa shape index (κ2) is 18.1. The first-order valence-corrected chi connectivity index (χ1v) is 14.5. The van der Waals surface area contributed by atoms with Crippen LogP contribution in [0.1, 0.15) is 99.0 Å². The molecule has 0 amide bonds. The van der Waals surface area contributed by atoms with Crippen LogP contribution in [0.15, 0.2) is 18.2 Å². The van der Waals surface area contributed by atoms with Gasteiger partial charge in [0, 0.05) is 12.5 Å². The van der Waals surface area contributed by atoms with Crippen LogP contribution >= 0.6 is 0 Å². The van der Waals surface area contributed by atoms with Crippen LogP contribution in [0, 0.1) is 0 Å². The Morgan fingerprint density at radius 2 is 1.36 bits per heavy atom. The van der Waals surface area contributed by atoms with Gasteiger partial charge in [-0.2, -0.15) is 0 Å². The molecule has 12 nitrogen and oxygen atoms in total. The zero-order chi connectivity index (χ0) is 31.8. The zero-order valence-electron chi connectivity index (χ0n) is 25.9. The third kappa shape index (κ3) is 13.4. The molecular formula is C30H47NO11. The van der Waals surface area contributed by atoms with Crippen molar-refractivity contribution in [2.24, 2.45) is 0 Å². The molecule has 0 saturated carbocycles. The third-order valence-corrected chi connectivity index (χ3v) is 6.12. The highest BCUT2D eigenvalue weighted by Crippen LogP contribution is 2.32. The molecule has 1 atom stereocenters. The number of carbonyl (C=O) groups is 4. The molecule has 0 bridgehead atoms. The number of nitrogens with one attached hydrogen (secondary N) is 1. The lowest BCUT2D eigenvalue weighted by molar-refractivity contribution is -0.169. The van der Waals surface area contributed by atoms with Gasteiger partial charge in [-0.15, -0.1) is 0 Å². The third-order valence-electron chi connectivity index (χ3n) is 6.12. The number of hydrogen-bond donors (Lipinski definition) is 2. The van der Waals surface area contributed by atoms with Crippen molar-refractivity contribution in [3.63, 3.8) is 0 Å². The molecule has 0 fully saturated rings. The summed E-state index contributed by atoms with van der Waals surface area (Å²) in [5.74, 6) is -1.83. The molecule has 0 aliphatic heterocycles. The van der Waals surface area contributed by atoms with Crippen LogP contribution in [0.4, 0.5) is 14.4 Å². The number of unbranched alkanes of at least 4 members (excludes halogenated alkanes) is 4. The summed E-state index contributed by atoms with van der Waals surface area (Å²) < 4.78 is 31.5.